The van der Waals surface area contributed by atoms with Crippen LogP contribution in [0.15, 0.2) is 48.5 Å². The average Bonchev–Trinajstić information content (AvgIpc) is 3.14. The second-order valence-electron chi connectivity index (χ2n) is 6.52. The van der Waals surface area contributed by atoms with Crippen LogP contribution in [-0.2, 0) is 4.74 Å². The fraction of sp³-hybridized carbons (Fsp3) is 0.200. The summed E-state index contributed by atoms with van der Waals surface area (Å²) in [5.41, 5.74) is 4.22. The molecule has 0 aliphatic carbocycles. The van der Waals surface area contributed by atoms with Crippen LogP contribution in [0, 0.1) is 5.41 Å². The fourth-order valence-corrected chi connectivity index (χ4v) is 3.03. The van der Waals surface area contributed by atoms with Crippen LogP contribution < -0.4 is 20.7 Å². The number of nitrogens with one attached hydrogen (secondary N) is 2. The first-order chi connectivity index (χ1) is 14.7. The number of halogens is 3. The van der Waals surface area contributed by atoms with Gasteiger partial charge >= 0.3 is 5.57 Å². The number of hydrogen-bond donors (Lipinski definition) is 4. The van der Waals surface area contributed by atoms with E-state index in [1.165, 1.54) is 30.3 Å². The highest BCUT2D eigenvalue weighted by molar-refractivity contribution is 6.20. The lowest BCUT2D eigenvalue weighted by Gasteiger charge is -2.21. The van der Waals surface area contributed by atoms with Gasteiger partial charge in [-0.25, -0.2) is 0 Å². The Kier molecular flexibility index (Phi) is 6.74. The second-order valence-corrected chi connectivity index (χ2v) is 6.96. The number of β-amino-alcohol motifs (C(OH)–C–C–N with tert-alkyl or cyclic N) is 1. The van der Waals surface area contributed by atoms with Gasteiger partial charge in [0.2, 0.25) is 0 Å². The largest absolute Gasteiger partial charge is 0.487 e. The number of benzene rings is 2. The summed E-state index contributed by atoms with van der Waals surface area (Å²) in [5, 5.41) is 19.5. The Hall–Kier alpha value is -3.21. The second kappa shape index (κ2) is 9.29. The third-order valence-electron chi connectivity index (χ3n) is 4.32. The van der Waals surface area contributed by atoms with Crippen LogP contribution in [0.1, 0.15) is 15.9 Å². The van der Waals surface area contributed by atoms with E-state index in [2.05, 4.69) is 10.1 Å². The summed E-state index contributed by atoms with van der Waals surface area (Å²) in [6.45, 7) is 0.375. The standard InChI is InChI=1S/C20H19ClF2N4O4/c21-20(22,23)31-14-4-2-13(3-5-14)26-19(29)12-1-6-17(27-10-18(28)30-11-27)15(9-12)16(25)7-8-24/h1-9,18,24,28H,10-11,25H2,(H,26,29)/b16-7-,24-8?. The molecule has 0 bridgehead atoms. The minimum atomic E-state index is -3.83. The normalized spacial score (nSPS) is 16.8. The molecule has 31 heavy (non-hydrogen) atoms. The third-order valence-corrected chi connectivity index (χ3v) is 4.40. The van der Waals surface area contributed by atoms with E-state index in [1.807, 2.05) is 0 Å². The van der Waals surface area contributed by atoms with Crippen LogP contribution in [0.25, 0.3) is 5.70 Å². The molecule has 5 N–H and O–H groups in total. The van der Waals surface area contributed by atoms with Gasteiger partial charge in [0, 0.05) is 46.0 Å². The van der Waals surface area contributed by atoms with Crippen molar-refractivity contribution in [1.29, 1.82) is 5.41 Å². The minimum Gasteiger partial charge on any atom is -0.420 e. The molecule has 1 aliphatic heterocycles. The predicted molar refractivity (Wildman–Crippen MR) is 113 cm³/mol. The highest BCUT2D eigenvalue weighted by atomic mass is 35.5. The van der Waals surface area contributed by atoms with Crippen LogP contribution >= 0.6 is 11.6 Å². The lowest BCUT2D eigenvalue weighted by Crippen LogP contribution is -2.23. The van der Waals surface area contributed by atoms with Crippen molar-refractivity contribution in [3.8, 4) is 5.75 Å². The number of allylic oxidation sites excluding steroid dienone is 1. The van der Waals surface area contributed by atoms with Crippen LogP contribution in [0.3, 0.4) is 0 Å². The quantitative estimate of drug-likeness (QED) is 0.378. The van der Waals surface area contributed by atoms with Gasteiger partial charge in [0.1, 0.15) is 12.5 Å². The van der Waals surface area contributed by atoms with Crippen LogP contribution in [0.5, 0.6) is 5.75 Å². The molecule has 1 unspecified atom stereocenters. The monoisotopic (exact) mass is 452 g/mol. The number of hydrogen-bond acceptors (Lipinski definition) is 7. The lowest BCUT2D eigenvalue weighted by molar-refractivity contribution is -0.0964. The third kappa shape index (κ3) is 5.91. The maximum absolute atomic E-state index is 12.7. The first kappa shape index (κ1) is 22.5. The zero-order chi connectivity index (χ0) is 22.6. The van der Waals surface area contributed by atoms with E-state index in [4.69, 9.17) is 27.5 Å². The Balaban J connectivity index is 1.81. The van der Waals surface area contributed by atoms with Gasteiger partial charge in [-0.2, -0.15) is 0 Å². The highest BCUT2D eigenvalue weighted by Gasteiger charge is 2.27. The zero-order valence-corrected chi connectivity index (χ0v) is 16.8. The van der Waals surface area contributed by atoms with Crippen molar-refractivity contribution in [3.05, 3.63) is 59.7 Å². The summed E-state index contributed by atoms with van der Waals surface area (Å²) in [6.07, 6.45) is 1.46. The van der Waals surface area contributed by atoms with E-state index in [0.29, 0.717) is 16.9 Å². The predicted octanol–water partition coefficient (Wildman–Crippen LogP) is 3.17. The van der Waals surface area contributed by atoms with Gasteiger partial charge in [-0.05, 0) is 48.5 Å². The summed E-state index contributed by atoms with van der Waals surface area (Å²) in [6, 6.07) is 10.0. The number of carbonyl (C=O) groups is 1. The summed E-state index contributed by atoms with van der Waals surface area (Å²) >= 11 is 4.72. The topological polar surface area (TPSA) is 121 Å². The fourth-order valence-electron chi connectivity index (χ4n) is 2.94. The summed E-state index contributed by atoms with van der Waals surface area (Å²) in [7, 11) is 0. The Bertz CT molecular complexity index is 996. The first-order valence-electron chi connectivity index (χ1n) is 8.98. The number of nitrogens with zero attached hydrogens (tertiary/aromatic N) is 1. The molecular formula is C20H19ClF2N4O4. The molecule has 1 fully saturated rings. The molecule has 1 saturated heterocycles. The number of alkyl halides is 3. The number of carbonyl (C=O) groups excluding carboxylic acids is 1. The van der Waals surface area contributed by atoms with Crippen molar-refractivity contribution in [2.75, 3.05) is 23.5 Å². The van der Waals surface area contributed by atoms with E-state index in [0.717, 1.165) is 6.21 Å². The molecule has 1 aliphatic rings. The van der Waals surface area contributed by atoms with Crippen LogP contribution in [0.4, 0.5) is 20.2 Å². The Morgan fingerprint density at radius 2 is 2.06 bits per heavy atom. The van der Waals surface area contributed by atoms with E-state index in [9.17, 15) is 18.7 Å². The lowest BCUT2D eigenvalue weighted by atomic mass is 10.0. The Labute approximate surface area is 181 Å². The van der Waals surface area contributed by atoms with Gasteiger partial charge < -0.3 is 35.9 Å². The molecule has 0 aromatic heterocycles. The van der Waals surface area contributed by atoms with Gasteiger partial charge in [-0.15, -0.1) is 8.78 Å². The number of amides is 1. The van der Waals surface area contributed by atoms with Crippen molar-refractivity contribution >= 4 is 40.8 Å². The number of aliphatic hydroxyl groups excluding tert-OH is 1. The molecule has 8 nitrogen and oxygen atoms in total. The number of nitrogens with two attached hydrogens (primary N) is 1. The van der Waals surface area contributed by atoms with Crippen molar-refractivity contribution in [2.45, 2.75) is 11.9 Å². The SMILES string of the molecule is N=C/C=C(\N)c1cc(C(=O)Nc2ccc(OC(F)(F)Cl)cc2)ccc1N1COC(O)C1. The molecule has 1 heterocycles. The van der Waals surface area contributed by atoms with Crippen LogP contribution in [-0.4, -0.2) is 42.4 Å². The van der Waals surface area contributed by atoms with E-state index in [1.54, 1.807) is 23.1 Å². The molecule has 1 atom stereocenters. The molecule has 2 aromatic rings. The number of anilines is 2. The van der Waals surface area contributed by atoms with Gasteiger partial charge in [0.05, 0.1) is 6.54 Å². The van der Waals surface area contributed by atoms with E-state index < -0.39 is 17.8 Å². The minimum absolute atomic E-state index is 0.146. The van der Waals surface area contributed by atoms with E-state index >= 15 is 0 Å². The van der Waals surface area contributed by atoms with Gasteiger partial charge in [0.25, 0.3) is 5.91 Å². The Morgan fingerprint density at radius 1 is 1.35 bits per heavy atom. The van der Waals surface area contributed by atoms with Crippen molar-refractivity contribution in [1.82, 2.24) is 0 Å². The van der Waals surface area contributed by atoms with Gasteiger partial charge in [-0.1, -0.05) is 0 Å². The molecule has 0 saturated carbocycles. The van der Waals surface area contributed by atoms with Crippen molar-refractivity contribution < 1.29 is 28.2 Å². The van der Waals surface area contributed by atoms with Gasteiger partial charge in [-0.3, -0.25) is 4.79 Å². The zero-order valence-electron chi connectivity index (χ0n) is 16.0. The summed E-state index contributed by atoms with van der Waals surface area (Å²) < 4.78 is 34.7. The molecule has 0 spiro atoms. The van der Waals surface area contributed by atoms with E-state index in [-0.39, 0.29) is 30.3 Å². The van der Waals surface area contributed by atoms with Crippen molar-refractivity contribution in [3.63, 3.8) is 0 Å². The smallest absolute Gasteiger partial charge is 0.420 e. The van der Waals surface area contributed by atoms with Crippen molar-refractivity contribution in [2.24, 2.45) is 5.73 Å². The number of ether oxygens (including phenoxy) is 2. The molecule has 0 radical (unpaired) electrons. The number of aliphatic hydroxyl groups is 1. The molecule has 3 rings (SSSR count). The molecule has 11 heteroatoms. The molecule has 1 amide bonds. The van der Waals surface area contributed by atoms with Gasteiger partial charge in [0.15, 0.2) is 6.29 Å². The summed E-state index contributed by atoms with van der Waals surface area (Å²) in [5.74, 6) is -0.631. The number of rotatable bonds is 7. The maximum Gasteiger partial charge on any atom is 0.487 e. The average molecular weight is 453 g/mol. The van der Waals surface area contributed by atoms with Crippen LogP contribution in [0.2, 0.25) is 0 Å². The first-order valence-corrected chi connectivity index (χ1v) is 9.36. The molecule has 2 aromatic carbocycles. The summed E-state index contributed by atoms with van der Waals surface area (Å²) in [4.78, 5) is 14.4. The molecular weight excluding hydrogens is 434 g/mol. The highest BCUT2D eigenvalue weighted by Crippen LogP contribution is 2.29. The maximum atomic E-state index is 12.7. The molecule has 164 valence electrons. The Morgan fingerprint density at radius 3 is 2.65 bits per heavy atom.